The van der Waals surface area contributed by atoms with Gasteiger partial charge in [0.25, 0.3) is 0 Å². The summed E-state index contributed by atoms with van der Waals surface area (Å²) in [5, 5.41) is 8.60. The normalized spacial score (nSPS) is 12.4. The summed E-state index contributed by atoms with van der Waals surface area (Å²) in [6.07, 6.45) is 7.23. The molecular formula is C11H17NO2. The Kier molecular flexibility index (Phi) is 7.53. The van der Waals surface area contributed by atoms with Crippen LogP contribution in [0.15, 0.2) is 12.2 Å². The molecule has 3 nitrogen and oxygen atoms in total. The van der Waals surface area contributed by atoms with Gasteiger partial charge in [-0.05, 0) is 18.9 Å². The molecule has 0 N–H and O–H groups in total. The third-order valence-electron chi connectivity index (χ3n) is 1.71. The highest BCUT2D eigenvalue weighted by Gasteiger charge is 2.04. The fourth-order valence-electron chi connectivity index (χ4n) is 1.02. The van der Waals surface area contributed by atoms with Crippen LogP contribution in [0.5, 0.6) is 0 Å². The number of nitrogens with zero attached hydrogens (tertiary/aromatic N) is 1. The van der Waals surface area contributed by atoms with Crippen LogP contribution in [0, 0.1) is 11.3 Å². The largest absolute Gasteiger partial charge is 0.443 e. The SMILES string of the molecule is CCCCC/C=C/C(C#N)OC(C)=O. The van der Waals surface area contributed by atoms with Crippen LogP contribution in [-0.2, 0) is 9.53 Å². The third-order valence-corrected chi connectivity index (χ3v) is 1.71. The molecule has 1 atom stereocenters. The Morgan fingerprint density at radius 2 is 2.29 bits per heavy atom. The highest BCUT2D eigenvalue weighted by atomic mass is 16.5. The summed E-state index contributed by atoms with van der Waals surface area (Å²) in [6.45, 7) is 3.44. The molecule has 0 bridgehead atoms. The van der Waals surface area contributed by atoms with Crippen LogP contribution in [0.1, 0.15) is 39.5 Å². The number of rotatable bonds is 6. The third kappa shape index (κ3) is 7.35. The molecule has 0 fully saturated rings. The van der Waals surface area contributed by atoms with E-state index < -0.39 is 12.1 Å². The Hall–Kier alpha value is -1.30. The zero-order chi connectivity index (χ0) is 10.8. The number of carbonyl (C=O) groups is 1. The van der Waals surface area contributed by atoms with Crippen molar-refractivity contribution in [1.29, 1.82) is 5.26 Å². The first-order valence-electron chi connectivity index (χ1n) is 4.94. The molecule has 0 aliphatic carbocycles. The second-order valence-corrected chi connectivity index (χ2v) is 3.08. The maximum absolute atomic E-state index is 10.5. The van der Waals surface area contributed by atoms with Gasteiger partial charge in [0.05, 0.1) is 0 Å². The van der Waals surface area contributed by atoms with E-state index in [1.165, 1.54) is 19.8 Å². The molecule has 0 spiro atoms. The summed E-state index contributed by atoms with van der Waals surface area (Å²) in [5.74, 6) is -0.422. The number of esters is 1. The first kappa shape index (κ1) is 12.7. The second kappa shape index (κ2) is 8.31. The number of carbonyl (C=O) groups excluding carboxylic acids is 1. The monoisotopic (exact) mass is 195 g/mol. The van der Waals surface area contributed by atoms with Crippen molar-refractivity contribution in [3.8, 4) is 6.07 Å². The lowest BCUT2D eigenvalue weighted by Gasteiger charge is -2.02. The van der Waals surface area contributed by atoms with Gasteiger partial charge in [-0.1, -0.05) is 25.8 Å². The standard InChI is InChI=1S/C11H17NO2/c1-3-4-5-6-7-8-11(9-12)14-10(2)13/h7-8,11H,3-6H2,1-2H3/b8-7+. The number of unbranched alkanes of at least 4 members (excludes halogenated alkanes) is 3. The molecular weight excluding hydrogens is 178 g/mol. The van der Waals surface area contributed by atoms with Crippen molar-refractivity contribution in [2.45, 2.75) is 45.6 Å². The number of allylic oxidation sites excluding steroid dienone is 1. The van der Waals surface area contributed by atoms with Gasteiger partial charge in [-0.2, -0.15) is 5.26 Å². The van der Waals surface area contributed by atoms with E-state index in [0.717, 1.165) is 12.8 Å². The molecule has 0 saturated heterocycles. The summed E-state index contributed by atoms with van der Waals surface area (Å²) in [6, 6.07) is 1.89. The number of hydrogen-bond acceptors (Lipinski definition) is 3. The quantitative estimate of drug-likeness (QED) is 0.372. The Morgan fingerprint density at radius 3 is 2.79 bits per heavy atom. The molecule has 1 unspecified atom stereocenters. The first-order valence-corrected chi connectivity index (χ1v) is 4.94. The number of hydrogen-bond donors (Lipinski definition) is 0. The van der Waals surface area contributed by atoms with Gasteiger partial charge in [0.15, 0.2) is 0 Å². The van der Waals surface area contributed by atoms with E-state index in [9.17, 15) is 4.79 Å². The summed E-state index contributed by atoms with van der Waals surface area (Å²) in [5.41, 5.74) is 0. The van der Waals surface area contributed by atoms with Gasteiger partial charge >= 0.3 is 5.97 Å². The summed E-state index contributed by atoms with van der Waals surface area (Å²) in [4.78, 5) is 10.5. The van der Waals surface area contributed by atoms with E-state index in [1.54, 1.807) is 6.08 Å². The van der Waals surface area contributed by atoms with Crippen molar-refractivity contribution in [2.24, 2.45) is 0 Å². The van der Waals surface area contributed by atoms with Crippen LogP contribution >= 0.6 is 0 Å². The van der Waals surface area contributed by atoms with E-state index in [-0.39, 0.29) is 0 Å². The molecule has 0 rings (SSSR count). The van der Waals surface area contributed by atoms with Crippen LogP contribution in [0.2, 0.25) is 0 Å². The Bertz CT molecular complexity index is 228. The van der Waals surface area contributed by atoms with Crippen LogP contribution in [-0.4, -0.2) is 12.1 Å². The molecule has 0 aliphatic rings. The molecule has 78 valence electrons. The second-order valence-electron chi connectivity index (χ2n) is 3.08. The average molecular weight is 195 g/mol. The van der Waals surface area contributed by atoms with Crippen LogP contribution in [0.4, 0.5) is 0 Å². The lowest BCUT2D eigenvalue weighted by atomic mass is 10.2. The van der Waals surface area contributed by atoms with Gasteiger partial charge in [0.1, 0.15) is 6.07 Å². The smallest absolute Gasteiger partial charge is 0.304 e. The average Bonchev–Trinajstić information content (AvgIpc) is 2.15. The molecule has 0 aliphatic heterocycles. The summed E-state index contributed by atoms with van der Waals surface area (Å²) in [7, 11) is 0. The van der Waals surface area contributed by atoms with Crippen molar-refractivity contribution in [2.75, 3.05) is 0 Å². The molecule has 0 aromatic rings. The topological polar surface area (TPSA) is 50.1 Å². The minimum absolute atomic E-state index is 0.422. The van der Waals surface area contributed by atoms with E-state index >= 15 is 0 Å². The van der Waals surface area contributed by atoms with E-state index in [1.807, 2.05) is 12.1 Å². The van der Waals surface area contributed by atoms with Gasteiger partial charge < -0.3 is 4.74 Å². The Morgan fingerprint density at radius 1 is 1.57 bits per heavy atom. The molecule has 0 amide bonds. The van der Waals surface area contributed by atoms with Gasteiger partial charge in [0.2, 0.25) is 6.10 Å². The molecule has 0 aromatic carbocycles. The first-order chi connectivity index (χ1) is 6.70. The fourth-order valence-corrected chi connectivity index (χ4v) is 1.02. The van der Waals surface area contributed by atoms with Crippen molar-refractivity contribution in [3.63, 3.8) is 0 Å². The van der Waals surface area contributed by atoms with Crippen molar-refractivity contribution < 1.29 is 9.53 Å². The molecule has 0 radical (unpaired) electrons. The molecule has 3 heteroatoms. The van der Waals surface area contributed by atoms with Gasteiger partial charge in [-0.15, -0.1) is 0 Å². The lowest BCUT2D eigenvalue weighted by Crippen LogP contribution is -2.10. The Balaban J connectivity index is 3.71. The lowest BCUT2D eigenvalue weighted by molar-refractivity contribution is -0.142. The molecule has 0 heterocycles. The zero-order valence-corrected chi connectivity index (χ0v) is 8.82. The highest BCUT2D eigenvalue weighted by Crippen LogP contribution is 2.01. The predicted octanol–water partition coefficient (Wildman–Crippen LogP) is 2.58. The van der Waals surface area contributed by atoms with Gasteiger partial charge in [-0.25, -0.2) is 0 Å². The fraction of sp³-hybridized carbons (Fsp3) is 0.636. The Labute approximate surface area is 85.4 Å². The summed E-state index contributed by atoms with van der Waals surface area (Å²) >= 11 is 0. The number of nitriles is 1. The van der Waals surface area contributed by atoms with Crippen molar-refractivity contribution in [3.05, 3.63) is 12.2 Å². The van der Waals surface area contributed by atoms with Crippen molar-refractivity contribution in [1.82, 2.24) is 0 Å². The highest BCUT2D eigenvalue weighted by molar-refractivity contribution is 5.66. The molecule has 0 saturated carbocycles. The van der Waals surface area contributed by atoms with E-state index in [4.69, 9.17) is 10.00 Å². The maximum atomic E-state index is 10.5. The zero-order valence-electron chi connectivity index (χ0n) is 8.82. The maximum Gasteiger partial charge on any atom is 0.304 e. The van der Waals surface area contributed by atoms with Crippen molar-refractivity contribution >= 4 is 5.97 Å². The van der Waals surface area contributed by atoms with Crippen LogP contribution < -0.4 is 0 Å². The predicted molar refractivity (Wildman–Crippen MR) is 54.4 cm³/mol. The van der Waals surface area contributed by atoms with E-state index in [2.05, 4.69) is 6.92 Å². The van der Waals surface area contributed by atoms with Crippen LogP contribution in [0.25, 0.3) is 0 Å². The van der Waals surface area contributed by atoms with Gasteiger partial charge in [-0.3, -0.25) is 4.79 Å². The molecule has 14 heavy (non-hydrogen) atoms. The minimum Gasteiger partial charge on any atom is -0.443 e. The van der Waals surface area contributed by atoms with E-state index in [0.29, 0.717) is 0 Å². The molecule has 0 aromatic heterocycles. The number of ether oxygens (including phenoxy) is 1. The van der Waals surface area contributed by atoms with Gasteiger partial charge in [0, 0.05) is 6.92 Å². The van der Waals surface area contributed by atoms with Crippen LogP contribution in [0.3, 0.4) is 0 Å². The summed E-state index contributed by atoms with van der Waals surface area (Å²) < 4.78 is 4.72. The minimum atomic E-state index is -0.728.